The highest BCUT2D eigenvalue weighted by molar-refractivity contribution is 5.85. The minimum Gasteiger partial charge on any atom is -0.387 e. The smallest absolute Gasteiger partial charge is 0.0925 e. The van der Waals surface area contributed by atoms with Crippen LogP contribution in [-0.4, -0.2) is 10.1 Å². The van der Waals surface area contributed by atoms with E-state index in [0.29, 0.717) is 0 Å². The molecule has 0 amide bonds. The average molecular weight is 198 g/mol. The lowest BCUT2D eigenvalue weighted by Crippen LogP contribution is -1.96. The molecule has 0 bridgehead atoms. The molecule has 1 N–H and O–H groups in total. The minimum absolute atomic E-state index is 0.113. The molecule has 0 radical (unpaired) electrons. The normalized spacial score (nSPS) is 12.3. The fourth-order valence-corrected chi connectivity index (χ4v) is 1.63. The molecule has 2 aromatic rings. The summed E-state index contributed by atoms with van der Waals surface area (Å²) in [6.07, 6.45) is 2.82. The van der Waals surface area contributed by atoms with Gasteiger partial charge in [0, 0.05) is 17.8 Å². The van der Waals surface area contributed by atoms with Crippen LogP contribution in [0, 0.1) is 11.3 Å². The SMILES string of the molecule is N#CCC(O)c1cccc2cnccc12. The van der Waals surface area contributed by atoms with E-state index in [1.54, 1.807) is 12.4 Å². The van der Waals surface area contributed by atoms with Crippen molar-refractivity contribution in [2.24, 2.45) is 0 Å². The zero-order valence-electron chi connectivity index (χ0n) is 8.09. The van der Waals surface area contributed by atoms with Gasteiger partial charge in [-0.05, 0) is 17.0 Å². The molecule has 1 aromatic carbocycles. The molecule has 1 atom stereocenters. The first-order valence-electron chi connectivity index (χ1n) is 4.70. The molecule has 15 heavy (non-hydrogen) atoms. The molecule has 1 unspecified atom stereocenters. The maximum absolute atomic E-state index is 9.78. The van der Waals surface area contributed by atoms with Gasteiger partial charge in [-0.3, -0.25) is 4.98 Å². The Morgan fingerprint density at radius 2 is 2.27 bits per heavy atom. The molecule has 0 saturated heterocycles. The summed E-state index contributed by atoms with van der Waals surface area (Å²) in [4.78, 5) is 4.01. The number of aliphatic hydroxyl groups excluding tert-OH is 1. The van der Waals surface area contributed by atoms with Crippen LogP contribution in [0.2, 0.25) is 0 Å². The van der Waals surface area contributed by atoms with E-state index < -0.39 is 6.10 Å². The Balaban J connectivity index is 2.56. The van der Waals surface area contributed by atoms with Crippen molar-refractivity contribution in [3.05, 3.63) is 42.2 Å². The summed E-state index contributed by atoms with van der Waals surface area (Å²) >= 11 is 0. The zero-order valence-corrected chi connectivity index (χ0v) is 8.09. The van der Waals surface area contributed by atoms with E-state index in [0.717, 1.165) is 16.3 Å². The number of nitrogens with zero attached hydrogens (tertiary/aromatic N) is 2. The van der Waals surface area contributed by atoms with Crippen molar-refractivity contribution in [2.75, 3.05) is 0 Å². The number of benzene rings is 1. The third kappa shape index (κ3) is 1.80. The van der Waals surface area contributed by atoms with Gasteiger partial charge in [0.15, 0.2) is 0 Å². The van der Waals surface area contributed by atoms with E-state index in [1.807, 2.05) is 30.3 Å². The van der Waals surface area contributed by atoms with E-state index in [2.05, 4.69) is 4.98 Å². The maximum atomic E-state index is 9.78. The van der Waals surface area contributed by atoms with E-state index in [9.17, 15) is 5.11 Å². The summed E-state index contributed by atoms with van der Waals surface area (Å²) in [5.41, 5.74) is 0.788. The maximum Gasteiger partial charge on any atom is 0.0925 e. The molecule has 1 heterocycles. The average Bonchev–Trinajstić information content (AvgIpc) is 2.28. The van der Waals surface area contributed by atoms with Gasteiger partial charge >= 0.3 is 0 Å². The molecule has 1 aromatic heterocycles. The van der Waals surface area contributed by atoms with E-state index in [1.165, 1.54) is 0 Å². The van der Waals surface area contributed by atoms with Crippen molar-refractivity contribution in [1.82, 2.24) is 4.98 Å². The number of aliphatic hydroxyl groups is 1. The second-order valence-corrected chi connectivity index (χ2v) is 3.32. The molecule has 0 aliphatic heterocycles. The van der Waals surface area contributed by atoms with Crippen molar-refractivity contribution in [1.29, 1.82) is 5.26 Å². The van der Waals surface area contributed by atoms with Crippen molar-refractivity contribution in [3.63, 3.8) is 0 Å². The summed E-state index contributed by atoms with van der Waals surface area (Å²) in [7, 11) is 0. The fraction of sp³-hybridized carbons (Fsp3) is 0.167. The lowest BCUT2D eigenvalue weighted by molar-refractivity contribution is 0.185. The van der Waals surface area contributed by atoms with Gasteiger partial charge in [-0.15, -0.1) is 0 Å². The first kappa shape index (κ1) is 9.63. The molecule has 0 aliphatic rings. The lowest BCUT2D eigenvalue weighted by Gasteiger charge is -2.09. The topological polar surface area (TPSA) is 56.9 Å². The Hall–Kier alpha value is -1.92. The van der Waals surface area contributed by atoms with Crippen molar-refractivity contribution in [3.8, 4) is 6.07 Å². The highest BCUT2D eigenvalue weighted by atomic mass is 16.3. The van der Waals surface area contributed by atoms with Gasteiger partial charge in [0.1, 0.15) is 0 Å². The summed E-state index contributed by atoms with van der Waals surface area (Å²) in [5.74, 6) is 0. The predicted molar refractivity (Wildman–Crippen MR) is 56.9 cm³/mol. The van der Waals surface area contributed by atoms with E-state index in [-0.39, 0.29) is 6.42 Å². The third-order valence-electron chi connectivity index (χ3n) is 2.36. The van der Waals surface area contributed by atoms with E-state index >= 15 is 0 Å². The van der Waals surface area contributed by atoms with Crippen molar-refractivity contribution in [2.45, 2.75) is 12.5 Å². The summed E-state index contributed by atoms with van der Waals surface area (Å²) in [5, 5.41) is 20.3. The van der Waals surface area contributed by atoms with Crippen LogP contribution in [0.5, 0.6) is 0 Å². The number of aromatic nitrogens is 1. The Morgan fingerprint density at radius 3 is 3.07 bits per heavy atom. The molecule has 3 nitrogen and oxygen atoms in total. The number of fused-ring (bicyclic) bond motifs is 1. The molecule has 0 saturated carbocycles. The first-order valence-corrected chi connectivity index (χ1v) is 4.70. The molecular formula is C12H10N2O. The molecule has 2 rings (SSSR count). The summed E-state index contributed by atoms with van der Waals surface area (Å²) in [6.45, 7) is 0. The monoisotopic (exact) mass is 198 g/mol. The first-order chi connectivity index (χ1) is 7.33. The third-order valence-corrected chi connectivity index (χ3v) is 2.36. The van der Waals surface area contributed by atoms with Crippen LogP contribution < -0.4 is 0 Å². The second-order valence-electron chi connectivity index (χ2n) is 3.32. The lowest BCUT2D eigenvalue weighted by atomic mass is 10.0. The van der Waals surface area contributed by atoms with Gasteiger partial charge in [-0.2, -0.15) is 5.26 Å². The highest BCUT2D eigenvalue weighted by Crippen LogP contribution is 2.25. The van der Waals surface area contributed by atoms with E-state index in [4.69, 9.17) is 5.26 Å². The predicted octanol–water partition coefficient (Wildman–Crippen LogP) is 2.18. The van der Waals surface area contributed by atoms with Crippen LogP contribution in [0.4, 0.5) is 0 Å². The Morgan fingerprint density at radius 1 is 1.40 bits per heavy atom. The quantitative estimate of drug-likeness (QED) is 0.804. The molecule has 3 heteroatoms. The Kier molecular flexibility index (Phi) is 2.61. The molecule has 0 fully saturated rings. The van der Waals surface area contributed by atoms with Gasteiger partial charge in [0.2, 0.25) is 0 Å². The minimum atomic E-state index is -0.721. The van der Waals surface area contributed by atoms with Gasteiger partial charge < -0.3 is 5.11 Å². The molecule has 0 aliphatic carbocycles. The zero-order chi connectivity index (χ0) is 10.7. The standard InChI is InChI=1S/C12H10N2O/c13-6-4-12(15)11-3-1-2-9-8-14-7-5-10(9)11/h1-3,5,7-8,12,15H,4H2. The summed E-state index contributed by atoms with van der Waals surface area (Å²) in [6, 6.07) is 9.45. The number of nitriles is 1. The van der Waals surface area contributed by atoms with Gasteiger partial charge in [0.05, 0.1) is 18.6 Å². The van der Waals surface area contributed by atoms with Crippen LogP contribution in [0.1, 0.15) is 18.1 Å². The van der Waals surface area contributed by atoms with Crippen LogP contribution in [-0.2, 0) is 0 Å². The molecule has 74 valence electrons. The van der Waals surface area contributed by atoms with Crippen LogP contribution in [0.3, 0.4) is 0 Å². The Bertz CT molecular complexity index is 511. The van der Waals surface area contributed by atoms with Crippen molar-refractivity contribution < 1.29 is 5.11 Å². The van der Waals surface area contributed by atoms with Crippen LogP contribution >= 0.6 is 0 Å². The number of pyridine rings is 1. The highest BCUT2D eigenvalue weighted by Gasteiger charge is 2.09. The van der Waals surface area contributed by atoms with Gasteiger partial charge in [0.25, 0.3) is 0 Å². The fourth-order valence-electron chi connectivity index (χ4n) is 1.63. The van der Waals surface area contributed by atoms with Crippen LogP contribution in [0.25, 0.3) is 10.8 Å². The Labute approximate surface area is 87.6 Å². The summed E-state index contributed by atoms with van der Waals surface area (Å²) < 4.78 is 0. The number of hydrogen-bond donors (Lipinski definition) is 1. The van der Waals surface area contributed by atoms with Gasteiger partial charge in [-0.25, -0.2) is 0 Å². The molecule has 0 spiro atoms. The number of hydrogen-bond acceptors (Lipinski definition) is 3. The largest absolute Gasteiger partial charge is 0.387 e. The number of rotatable bonds is 2. The molecular weight excluding hydrogens is 188 g/mol. The van der Waals surface area contributed by atoms with Crippen molar-refractivity contribution >= 4 is 10.8 Å². The van der Waals surface area contributed by atoms with Crippen LogP contribution in [0.15, 0.2) is 36.7 Å². The van der Waals surface area contributed by atoms with Gasteiger partial charge in [-0.1, -0.05) is 18.2 Å². The second kappa shape index (κ2) is 4.07.